The Morgan fingerprint density at radius 3 is 2.62 bits per heavy atom. The predicted octanol–water partition coefficient (Wildman–Crippen LogP) is 2.99. The smallest absolute Gasteiger partial charge is 0.101 e. The van der Waals surface area contributed by atoms with E-state index in [9.17, 15) is 0 Å². The normalized spacial score (nSPS) is 10.9. The van der Waals surface area contributed by atoms with Crippen LogP contribution in [-0.4, -0.2) is 6.54 Å². The number of hydrogen-bond donors (Lipinski definition) is 2. The Hall–Kier alpha value is -1.69. The molecule has 1 rings (SSSR count). The van der Waals surface area contributed by atoms with Crippen LogP contribution >= 0.6 is 0 Å². The van der Waals surface area contributed by atoms with Gasteiger partial charge in [-0.1, -0.05) is 20.8 Å². The van der Waals surface area contributed by atoms with Gasteiger partial charge in [0.05, 0.1) is 11.3 Å². The highest BCUT2D eigenvalue weighted by molar-refractivity contribution is 5.62. The Bertz CT molecular complexity index is 402. The lowest BCUT2D eigenvalue weighted by Crippen LogP contribution is -2.22. The summed E-state index contributed by atoms with van der Waals surface area (Å²) in [5.74, 6) is 0. The average molecular weight is 217 g/mol. The molecule has 0 aliphatic carbocycles. The maximum absolute atomic E-state index is 8.76. The SMILES string of the molecule is CCC(C)(C)CNc1ccc(C#N)c(N)c1. The summed E-state index contributed by atoms with van der Waals surface area (Å²) in [6, 6.07) is 7.50. The third kappa shape index (κ3) is 3.16. The number of benzene rings is 1. The van der Waals surface area contributed by atoms with Gasteiger partial charge in [-0.15, -0.1) is 0 Å². The maximum atomic E-state index is 8.76. The van der Waals surface area contributed by atoms with Crippen LogP contribution in [0.3, 0.4) is 0 Å². The van der Waals surface area contributed by atoms with E-state index in [1.54, 1.807) is 6.07 Å². The summed E-state index contributed by atoms with van der Waals surface area (Å²) < 4.78 is 0. The van der Waals surface area contributed by atoms with E-state index >= 15 is 0 Å². The van der Waals surface area contributed by atoms with Gasteiger partial charge in [-0.3, -0.25) is 0 Å². The highest BCUT2D eigenvalue weighted by atomic mass is 14.9. The van der Waals surface area contributed by atoms with Crippen LogP contribution in [0.15, 0.2) is 18.2 Å². The van der Waals surface area contributed by atoms with Crippen molar-refractivity contribution in [3.8, 4) is 6.07 Å². The first-order valence-corrected chi connectivity index (χ1v) is 5.52. The summed E-state index contributed by atoms with van der Waals surface area (Å²) in [6.45, 7) is 7.50. The van der Waals surface area contributed by atoms with Gasteiger partial charge in [0.25, 0.3) is 0 Å². The molecule has 0 unspecified atom stereocenters. The first-order valence-electron chi connectivity index (χ1n) is 5.52. The van der Waals surface area contributed by atoms with Gasteiger partial charge in [-0.2, -0.15) is 5.26 Å². The van der Waals surface area contributed by atoms with E-state index in [1.807, 2.05) is 12.1 Å². The Balaban J connectivity index is 2.70. The van der Waals surface area contributed by atoms with E-state index in [-0.39, 0.29) is 5.41 Å². The summed E-state index contributed by atoms with van der Waals surface area (Å²) in [7, 11) is 0. The Morgan fingerprint density at radius 2 is 2.12 bits per heavy atom. The van der Waals surface area contributed by atoms with Crippen molar-refractivity contribution in [2.75, 3.05) is 17.6 Å². The molecule has 3 heteroatoms. The summed E-state index contributed by atoms with van der Waals surface area (Å²) in [4.78, 5) is 0. The van der Waals surface area contributed by atoms with Crippen LogP contribution in [-0.2, 0) is 0 Å². The number of nitrogens with two attached hydrogens (primary N) is 1. The highest BCUT2D eigenvalue weighted by Gasteiger charge is 2.14. The number of hydrogen-bond acceptors (Lipinski definition) is 3. The first kappa shape index (κ1) is 12.4. The summed E-state index contributed by atoms with van der Waals surface area (Å²) in [5.41, 5.74) is 8.04. The average Bonchev–Trinajstić information content (AvgIpc) is 2.27. The molecule has 3 nitrogen and oxygen atoms in total. The van der Waals surface area contributed by atoms with Crippen LogP contribution in [0.25, 0.3) is 0 Å². The summed E-state index contributed by atoms with van der Waals surface area (Å²) in [6.07, 6.45) is 1.12. The number of nitrogens with zero attached hydrogens (tertiary/aromatic N) is 1. The van der Waals surface area contributed by atoms with Crippen molar-refractivity contribution >= 4 is 11.4 Å². The van der Waals surface area contributed by atoms with E-state index in [4.69, 9.17) is 11.0 Å². The lowest BCUT2D eigenvalue weighted by Gasteiger charge is -2.23. The molecule has 0 radical (unpaired) electrons. The molecule has 3 N–H and O–H groups in total. The summed E-state index contributed by atoms with van der Waals surface area (Å²) >= 11 is 0. The van der Waals surface area contributed by atoms with E-state index < -0.39 is 0 Å². The zero-order valence-electron chi connectivity index (χ0n) is 10.2. The fraction of sp³-hybridized carbons (Fsp3) is 0.462. The molecular weight excluding hydrogens is 198 g/mol. The zero-order valence-corrected chi connectivity index (χ0v) is 10.2. The Labute approximate surface area is 97.3 Å². The van der Waals surface area contributed by atoms with Crippen LogP contribution in [0, 0.1) is 16.7 Å². The quantitative estimate of drug-likeness (QED) is 0.762. The van der Waals surface area contributed by atoms with Crippen molar-refractivity contribution in [3.05, 3.63) is 23.8 Å². The third-order valence-corrected chi connectivity index (χ3v) is 2.90. The van der Waals surface area contributed by atoms with Crippen molar-refractivity contribution in [2.24, 2.45) is 5.41 Å². The number of nitrogens with one attached hydrogen (secondary N) is 1. The largest absolute Gasteiger partial charge is 0.398 e. The molecule has 0 amide bonds. The minimum absolute atomic E-state index is 0.267. The van der Waals surface area contributed by atoms with Crippen molar-refractivity contribution in [1.82, 2.24) is 0 Å². The number of nitriles is 1. The maximum Gasteiger partial charge on any atom is 0.101 e. The predicted molar refractivity (Wildman–Crippen MR) is 68.1 cm³/mol. The monoisotopic (exact) mass is 217 g/mol. The van der Waals surface area contributed by atoms with Gasteiger partial charge in [0.15, 0.2) is 0 Å². The van der Waals surface area contributed by atoms with Crippen molar-refractivity contribution in [1.29, 1.82) is 5.26 Å². The second-order valence-electron chi connectivity index (χ2n) is 4.79. The highest BCUT2D eigenvalue weighted by Crippen LogP contribution is 2.22. The van der Waals surface area contributed by atoms with Crippen molar-refractivity contribution < 1.29 is 0 Å². The molecule has 0 heterocycles. The molecule has 0 atom stereocenters. The topological polar surface area (TPSA) is 61.8 Å². The fourth-order valence-electron chi connectivity index (χ4n) is 1.24. The van der Waals surface area contributed by atoms with Crippen LogP contribution in [0.5, 0.6) is 0 Å². The molecule has 1 aromatic rings. The number of nitrogen functional groups attached to an aromatic ring is 1. The molecule has 0 aliphatic heterocycles. The van der Waals surface area contributed by atoms with Crippen molar-refractivity contribution in [2.45, 2.75) is 27.2 Å². The van der Waals surface area contributed by atoms with Gasteiger partial charge >= 0.3 is 0 Å². The van der Waals surface area contributed by atoms with E-state index in [0.717, 1.165) is 18.7 Å². The van der Waals surface area contributed by atoms with Gasteiger partial charge in [-0.25, -0.2) is 0 Å². The lowest BCUT2D eigenvalue weighted by atomic mass is 9.90. The molecule has 0 saturated heterocycles. The molecule has 0 spiro atoms. The molecule has 0 bridgehead atoms. The number of anilines is 2. The summed E-state index contributed by atoms with van der Waals surface area (Å²) in [5, 5.41) is 12.1. The third-order valence-electron chi connectivity index (χ3n) is 2.90. The Morgan fingerprint density at radius 1 is 1.44 bits per heavy atom. The second kappa shape index (κ2) is 4.89. The van der Waals surface area contributed by atoms with E-state index in [2.05, 4.69) is 32.2 Å². The van der Waals surface area contributed by atoms with Gasteiger partial charge in [0.2, 0.25) is 0 Å². The molecule has 0 fully saturated rings. The van der Waals surface area contributed by atoms with E-state index in [0.29, 0.717) is 11.3 Å². The lowest BCUT2D eigenvalue weighted by molar-refractivity contribution is 0.377. The second-order valence-corrected chi connectivity index (χ2v) is 4.79. The molecule has 0 aliphatic rings. The minimum Gasteiger partial charge on any atom is -0.398 e. The zero-order chi connectivity index (χ0) is 12.2. The van der Waals surface area contributed by atoms with E-state index in [1.165, 1.54) is 0 Å². The Kier molecular flexibility index (Phi) is 3.78. The van der Waals surface area contributed by atoms with Crippen LogP contribution in [0.1, 0.15) is 32.8 Å². The molecule has 86 valence electrons. The van der Waals surface area contributed by atoms with Crippen LogP contribution < -0.4 is 11.1 Å². The van der Waals surface area contributed by atoms with Gasteiger partial charge in [0, 0.05) is 12.2 Å². The molecular formula is C13H19N3. The van der Waals surface area contributed by atoms with Gasteiger partial charge in [0.1, 0.15) is 6.07 Å². The van der Waals surface area contributed by atoms with Gasteiger partial charge < -0.3 is 11.1 Å². The molecule has 0 saturated carbocycles. The van der Waals surface area contributed by atoms with Gasteiger partial charge in [-0.05, 0) is 30.0 Å². The van der Waals surface area contributed by atoms with Crippen LogP contribution in [0.2, 0.25) is 0 Å². The molecule has 1 aromatic carbocycles. The standard InChI is InChI=1S/C13H19N3/c1-4-13(2,3)9-16-11-6-5-10(8-14)12(15)7-11/h5-7,16H,4,9,15H2,1-3H3. The first-order chi connectivity index (χ1) is 7.48. The number of rotatable bonds is 4. The minimum atomic E-state index is 0.267. The molecule has 0 aromatic heterocycles. The molecule has 16 heavy (non-hydrogen) atoms. The van der Waals surface area contributed by atoms with Crippen molar-refractivity contribution in [3.63, 3.8) is 0 Å². The van der Waals surface area contributed by atoms with Crippen LogP contribution in [0.4, 0.5) is 11.4 Å². The fourth-order valence-corrected chi connectivity index (χ4v) is 1.24.